The van der Waals surface area contributed by atoms with E-state index in [9.17, 15) is 39.0 Å². The average Bonchev–Trinajstić information content (AvgIpc) is 1.12. The Hall–Kier alpha value is -8.70. The molecular weight excluding hydrogens is 1250 g/mol. The Kier molecular flexibility index (Phi) is 29.7. The number of aromatic nitrogens is 2. The molecule has 0 bridgehead atoms. The number of para-hydroxylation sites is 1. The molecule has 4 unspecified atom stereocenters. The summed E-state index contributed by atoms with van der Waals surface area (Å²) in [5, 5.41) is 44.2. The minimum Gasteiger partial charge on any atom is -0.483 e. The minimum absolute atomic E-state index is 0.0671. The molecule has 3 heterocycles. The number of benzene rings is 5. The van der Waals surface area contributed by atoms with Crippen molar-refractivity contribution in [3.05, 3.63) is 206 Å². The molecule has 8 amide bonds. The molecule has 2 aromatic heterocycles. The molecule has 1 saturated heterocycles. The van der Waals surface area contributed by atoms with Gasteiger partial charge in [0, 0.05) is 49.7 Å². The summed E-state index contributed by atoms with van der Waals surface area (Å²) in [5.41, 5.74) is 8.19. The van der Waals surface area contributed by atoms with E-state index in [1.807, 2.05) is 186 Å². The molecular formula is C74H96N10O10S2. The Labute approximate surface area is 573 Å². The molecule has 1 aliphatic heterocycles. The van der Waals surface area contributed by atoms with Gasteiger partial charge < -0.3 is 61.4 Å². The first-order valence-corrected chi connectivity index (χ1v) is 34.8. The van der Waals surface area contributed by atoms with Crippen LogP contribution in [0.3, 0.4) is 0 Å². The second-order valence-corrected chi connectivity index (χ2v) is 27.4. The van der Waals surface area contributed by atoms with E-state index >= 15 is 0 Å². The molecule has 20 nitrogen and oxygen atoms in total. The lowest BCUT2D eigenvalue weighted by Crippen LogP contribution is -2.59. The van der Waals surface area contributed by atoms with Crippen LogP contribution in [0.1, 0.15) is 116 Å². The number of carbonyl (C=O) groups is 6. The van der Waals surface area contributed by atoms with Crippen molar-refractivity contribution < 1.29 is 48.5 Å². The van der Waals surface area contributed by atoms with Gasteiger partial charge in [0.05, 0.1) is 51.9 Å². The molecule has 514 valence electrons. The molecule has 7 aromatic rings. The Balaban J connectivity index is 0.000000272. The number of thiazole rings is 2. The van der Waals surface area contributed by atoms with Gasteiger partial charge in [0.2, 0.25) is 11.8 Å². The number of nitrogens with zero attached hydrogens (tertiary/aromatic N) is 4. The highest BCUT2D eigenvalue weighted by molar-refractivity contribution is 7.09. The van der Waals surface area contributed by atoms with E-state index < -0.39 is 54.6 Å². The van der Waals surface area contributed by atoms with Crippen LogP contribution >= 0.6 is 22.7 Å². The van der Waals surface area contributed by atoms with Crippen molar-refractivity contribution in [2.75, 3.05) is 26.7 Å². The fraction of sp³-hybridized carbons (Fsp3) is 0.432. The van der Waals surface area contributed by atoms with Crippen LogP contribution in [0.5, 0.6) is 5.75 Å². The predicted molar refractivity (Wildman–Crippen MR) is 376 cm³/mol. The van der Waals surface area contributed by atoms with Crippen LogP contribution in [0.4, 0.5) is 14.4 Å². The monoisotopic (exact) mass is 1350 g/mol. The molecule has 8 atom stereocenters. The summed E-state index contributed by atoms with van der Waals surface area (Å²) in [6, 6.07) is 40.1. The lowest BCUT2D eigenvalue weighted by Gasteiger charge is -2.37. The standard InChI is InChI=1S/C37H48N6O5S2.C37H48N4O5/c1-24(2)33(42-36(46)43(5)20-29-22-49-35(40-29)25(3)4)34(45)39-28(16-26-12-8-6-9-13-26)18-32(44)31(17-27-14-10-7-11-15-27)41-37(47)48-21-30-19-38-23-50-30;1-25(2)34(41-20-12-19-38-37(41)45)36(44)39-30(21-28-15-7-5-8-16-28)23-32(42)31(22-29-17-9-6-10-18-29)40-33(43)24-46-35-26(3)13-11-14-27(35)4/h6-15,19,22-25,28,31-33,44H,16-18,20-21H2,1-5H3,(H,39,45)(H,41,47)(H,42,46);5-11,13-18,25,30-32,34,42H,12,19-24H2,1-4H3,(H,38,45)(H,39,44)(H,40,43)/t28-,31-,32-,33-;/m0./s1. The molecule has 0 spiro atoms. The number of ether oxygens (including phenoxy) is 2. The zero-order valence-electron chi connectivity index (χ0n) is 56.6. The number of amides is 8. The lowest BCUT2D eigenvalue weighted by molar-refractivity contribution is -0.128. The van der Waals surface area contributed by atoms with Gasteiger partial charge in [0.15, 0.2) is 6.61 Å². The summed E-state index contributed by atoms with van der Waals surface area (Å²) >= 11 is 2.95. The Morgan fingerprint density at radius 2 is 1.17 bits per heavy atom. The third-order valence-corrected chi connectivity index (χ3v) is 18.5. The molecule has 0 aliphatic carbocycles. The topological polar surface area (TPSA) is 266 Å². The van der Waals surface area contributed by atoms with Gasteiger partial charge in [0.25, 0.3) is 5.91 Å². The quantitative estimate of drug-likeness (QED) is 0.0196. The number of hydrogen-bond acceptors (Lipinski definition) is 14. The summed E-state index contributed by atoms with van der Waals surface area (Å²) in [7, 11) is 1.68. The average molecular weight is 1350 g/mol. The van der Waals surface area contributed by atoms with Gasteiger partial charge >= 0.3 is 18.2 Å². The summed E-state index contributed by atoms with van der Waals surface area (Å²) in [5.74, 6) is -0.326. The zero-order chi connectivity index (χ0) is 69.1. The van der Waals surface area contributed by atoms with Crippen LogP contribution in [-0.4, -0.2) is 141 Å². The highest BCUT2D eigenvalue weighted by Crippen LogP contribution is 2.25. The molecule has 1 fully saturated rings. The lowest BCUT2D eigenvalue weighted by atomic mass is 9.92. The normalized spacial score (nSPS) is 14.7. The maximum Gasteiger partial charge on any atom is 0.407 e. The second-order valence-electron chi connectivity index (χ2n) is 25.6. The van der Waals surface area contributed by atoms with E-state index in [-0.39, 0.29) is 67.7 Å². The van der Waals surface area contributed by atoms with E-state index in [0.29, 0.717) is 57.0 Å². The maximum atomic E-state index is 13.9. The number of hydrogen-bond donors (Lipinski definition) is 8. The highest BCUT2D eigenvalue weighted by atomic mass is 32.1. The Morgan fingerprint density at radius 3 is 1.65 bits per heavy atom. The predicted octanol–water partition coefficient (Wildman–Crippen LogP) is 10.2. The molecule has 22 heteroatoms. The fourth-order valence-electron chi connectivity index (χ4n) is 11.5. The molecule has 8 N–H and O–H groups in total. The highest BCUT2D eigenvalue weighted by Gasteiger charge is 2.37. The number of alkyl carbamates (subject to hydrolysis) is 1. The third kappa shape index (κ3) is 24.2. The Bertz CT molecular complexity index is 3490. The first-order valence-electron chi connectivity index (χ1n) is 33.0. The van der Waals surface area contributed by atoms with Crippen molar-refractivity contribution in [1.29, 1.82) is 0 Å². The number of carbonyl (C=O) groups excluding carboxylic acids is 6. The van der Waals surface area contributed by atoms with Crippen LogP contribution in [-0.2, 0) is 58.0 Å². The molecule has 8 rings (SSSR count). The SMILES string of the molecule is CC(C)c1nc(CN(C)C(=O)N[C@H](C(=O)N[C@@H](Cc2ccccc2)C[C@H](O)[C@H](Cc2ccccc2)NC(=O)OCc2cncs2)C(C)C)cs1.Cc1cccc(C)c1OCC(=O)NC(Cc1ccccc1)C(O)CC(Cc1ccccc1)NC(=O)C(C(C)C)N1CCCNC1=O. The van der Waals surface area contributed by atoms with Crippen molar-refractivity contribution in [3.8, 4) is 5.75 Å². The maximum absolute atomic E-state index is 13.9. The van der Waals surface area contributed by atoms with Gasteiger partial charge in [-0.05, 0) is 104 Å². The number of aryl methyl sites for hydroxylation is 2. The zero-order valence-corrected chi connectivity index (χ0v) is 58.2. The molecule has 0 saturated carbocycles. The van der Waals surface area contributed by atoms with E-state index in [0.717, 1.165) is 55.4 Å². The van der Waals surface area contributed by atoms with Crippen LogP contribution in [0, 0.1) is 25.7 Å². The van der Waals surface area contributed by atoms with Crippen LogP contribution in [0.2, 0.25) is 0 Å². The van der Waals surface area contributed by atoms with Crippen LogP contribution < -0.4 is 36.6 Å². The second kappa shape index (κ2) is 38.1. The van der Waals surface area contributed by atoms with Gasteiger partial charge in [-0.25, -0.2) is 19.4 Å². The number of nitrogens with one attached hydrogen (secondary N) is 6. The number of aliphatic hydroxyl groups is 2. The van der Waals surface area contributed by atoms with Gasteiger partial charge in [-0.2, -0.15) is 0 Å². The number of aliphatic hydroxyl groups excluding tert-OH is 2. The largest absolute Gasteiger partial charge is 0.483 e. The molecule has 1 aliphatic rings. The Morgan fingerprint density at radius 1 is 0.646 bits per heavy atom. The van der Waals surface area contributed by atoms with Crippen LogP contribution in [0.15, 0.2) is 157 Å². The minimum atomic E-state index is -1.05. The van der Waals surface area contributed by atoms with Crippen molar-refractivity contribution in [1.82, 2.24) is 51.7 Å². The summed E-state index contributed by atoms with van der Waals surface area (Å²) in [4.78, 5) is 92.3. The van der Waals surface area contributed by atoms with Gasteiger partial charge in [-0.3, -0.25) is 19.4 Å². The first kappa shape index (κ1) is 74.7. The fourth-order valence-corrected chi connectivity index (χ4v) is 12.8. The molecule has 0 radical (unpaired) electrons. The smallest absolute Gasteiger partial charge is 0.407 e. The first-order chi connectivity index (χ1) is 46.1. The molecule has 5 aromatic carbocycles. The summed E-state index contributed by atoms with van der Waals surface area (Å²) < 4.78 is 11.3. The van der Waals surface area contributed by atoms with Gasteiger partial charge in [-0.1, -0.05) is 181 Å². The van der Waals surface area contributed by atoms with Gasteiger partial charge in [0.1, 0.15) is 24.4 Å². The summed E-state index contributed by atoms with van der Waals surface area (Å²) in [6.07, 6.45) is 1.67. The van der Waals surface area contributed by atoms with Crippen molar-refractivity contribution in [2.45, 2.75) is 168 Å². The number of rotatable bonds is 32. The van der Waals surface area contributed by atoms with Crippen molar-refractivity contribution in [3.63, 3.8) is 0 Å². The molecule has 96 heavy (non-hydrogen) atoms. The third-order valence-electron chi connectivity index (χ3n) is 16.5. The van der Waals surface area contributed by atoms with E-state index in [4.69, 9.17) is 9.47 Å². The van der Waals surface area contributed by atoms with Crippen LogP contribution in [0.25, 0.3) is 0 Å². The van der Waals surface area contributed by atoms with Gasteiger partial charge in [-0.15, -0.1) is 22.7 Å². The number of urea groups is 2. The summed E-state index contributed by atoms with van der Waals surface area (Å²) in [6.45, 7) is 16.9. The van der Waals surface area contributed by atoms with E-state index in [1.54, 1.807) is 35.0 Å². The van der Waals surface area contributed by atoms with Crippen molar-refractivity contribution >= 4 is 58.6 Å². The van der Waals surface area contributed by atoms with E-state index in [1.165, 1.54) is 16.2 Å². The van der Waals surface area contributed by atoms with Crippen molar-refractivity contribution in [2.24, 2.45) is 11.8 Å². The van der Waals surface area contributed by atoms with E-state index in [2.05, 4.69) is 55.7 Å².